The van der Waals surface area contributed by atoms with Crippen LogP contribution in [0, 0.1) is 0 Å². The van der Waals surface area contributed by atoms with E-state index in [9.17, 15) is 18.0 Å². The monoisotopic (exact) mass is 438 g/mol. The molecular weight excluding hydrogens is 412 g/mol. The fourth-order valence-corrected chi connectivity index (χ4v) is 6.97. The summed E-state index contributed by atoms with van der Waals surface area (Å²) in [5, 5.41) is 0. The normalized spacial score (nSPS) is 22.0. The van der Waals surface area contributed by atoms with Crippen molar-refractivity contribution in [3.05, 3.63) is 22.1 Å². The summed E-state index contributed by atoms with van der Waals surface area (Å²) in [6.45, 7) is 5.45. The standard InChI is InChI=1S/C20H26N2O5S2/c1-20(2)12-27-19(24)22(20)13-8-10-21(11-9-13)17(23)16-14-6-4-5-7-15(14)18(28-16)29(3,25)26/h5,7,13H,4,6,8-12H2,1-3H3. The Morgan fingerprint density at radius 1 is 1.28 bits per heavy atom. The van der Waals surface area contributed by atoms with Gasteiger partial charge in [0.05, 0.1) is 10.4 Å². The second-order valence-corrected chi connectivity index (χ2v) is 11.8. The Bertz CT molecular complexity index is 985. The predicted molar refractivity (Wildman–Crippen MR) is 111 cm³/mol. The van der Waals surface area contributed by atoms with Gasteiger partial charge in [0, 0.05) is 31.0 Å². The number of thiophene rings is 1. The molecule has 0 saturated carbocycles. The SMILES string of the molecule is CC1(C)COC(=O)N1C1CCN(C(=O)c2sc(S(C)(=O)=O)c3c2CCC=C3)CC1. The van der Waals surface area contributed by atoms with Crippen LogP contribution in [0.3, 0.4) is 0 Å². The summed E-state index contributed by atoms with van der Waals surface area (Å²) < 4.78 is 29.9. The number of carbonyl (C=O) groups excluding carboxylic acids is 2. The van der Waals surface area contributed by atoms with E-state index in [-0.39, 0.29) is 27.8 Å². The summed E-state index contributed by atoms with van der Waals surface area (Å²) in [6.07, 6.45) is 7.57. The molecule has 9 heteroatoms. The van der Waals surface area contributed by atoms with Crippen LogP contribution in [0.2, 0.25) is 0 Å². The molecule has 0 N–H and O–H groups in total. The smallest absolute Gasteiger partial charge is 0.410 e. The molecule has 3 heterocycles. The van der Waals surface area contributed by atoms with E-state index in [0.717, 1.165) is 23.3 Å². The number of hydrogen-bond acceptors (Lipinski definition) is 6. The van der Waals surface area contributed by atoms with Crippen molar-refractivity contribution < 1.29 is 22.7 Å². The molecule has 1 aliphatic carbocycles. The lowest BCUT2D eigenvalue weighted by atomic mass is 9.96. The molecule has 0 unspecified atom stereocenters. The van der Waals surface area contributed by atoms with E-state index in [4.69, 9.17) is 4.74 Å². The minimum atomic E-state index is -3.39. The molecule has 29 heavy (non-hydrogen) atoms. The Hall–Kier alpha value is -1.87. The van der Waals surface area contributed by atoms with Crippen LogP contribution in [-0.4, -0.2) is 67.8 Å². The molecule has 0 aromatic carbocycles. The van der Waals surface area contributed by atoms with Crippen LogP contribution in [0.25, 0.3) is 6.08 Å². The van der Waals surface area contributed by atoms with Crippen LogP contribution in [0.1, 0.15) is 53.9 Å². The van der Waals surface area contributed by atoms with E-state index in [0.29, 0.717) is 49.4 Å². The zero-order chi connectivity index (χ0) is 21.0. The maximum Gasteiger partial charge on any atom is 0.410 e. The number of fused-ring (bicyclic) bond motifs is 1. The lowest BCUT2D eigenvalue weighted by molar-refractivity contribution is 0.0592. The lowest BCUT2D eigenvalue weighted by Crippen LogP contribution is -2.53. The topological polar surface area (TPSA) is 84.0 Å². The van der Waals surface area contributed by atoms with Gasteiger partial charge >= 0.3 is 6.09 Å². The summed E-state index contributed by atoms with van der Waals surface area (Å²) in [4.78, 5) is 29.5. The summed E-state index contributed by atoms with van der Waals surface area (Å²) >= 11 is 1.10. The van der Waals surface area contributed by atoms with Gasteiger partial charge in [0.2, 0.25) is 0 Å². The first-order valence-corrected chi connectivity index (χ1v) is 12.6. The molecule has 158 valence electrons. The van der Waals surface area contributed by atoms with Gasteiger partial charge in [-0.15, -0.1) is 11.3 Å². The molecule has 3 aliphatic rings. The van der Waals surface area contributed by atoms with Crippen LogP contribution in [0.5, 0.6) is 0 Å². The quantitative estimate of drug-likeness (QED) is 0.724. The third-order valence-corrected chi connectivity index (χ3v) is 8.99. The number of ether oxygens (including phenoxy) is 1. The van der Waals surface area contributed by atoms with E-state index in [1.165, 1.54) is 6.26 Å². The highest BCUT2D eigenvalue weighted by molar-refractivity contribution is 7.92. The van der Waals surface area contributed by atoms with Gasteiger partial charge in [-0.3, -0.25) is 9.69 Å². The van der Waals surface area contributed by atoms with Gasteiger partial charge in [-0.1, -0.05) is 12.2 Å². The third-order valence-electron chi connectivity index (χ3n) is 5.90. The van der Waals surface area contributed by atoms with Crippen LogP contribution < -0.4 is 0 Å². The van der Waals surface area contributed by atoms with E-state index < -0.39 is 9.84 Å². The fraction of sp³-hybridized carbons (Fsp3) is 0.600. The number of sulfone groups is 1. The molecule has 0 atom stereocenters. The number of nitrogens with zero attached hydrogens (tertiary/aromatic N) is 2. The molecule has 0 bridgehead atoms. The minimum absolute atomic E-state index is 0.0517. The summed E-state index contributed by atoms with van der Waals surface area (Å²) in [7, 11) is -3.39. The molecule has 2 saturated heterocycles. The average molecular weight is 439 g/mol. The van der Waals surface area contributed by atoms with Gasteiger partial charge in [0.15, 0.2) is 9.84 Å². The summed E-state index contributed by atoms with van der Waals surface area (Å²) in [5.41, 5.74) is 1.20. The molecule has 2 fully saturated rings. The van der Waals surface area contributed by atoms with Gasteiger partial charge < -0.3 is 9.64 Å². The molecular formula is C20H26N2O5S2. The van der Waals surface area contributed by atoms with E-state index in [1.54, 1.807) is 4.90 Å². The maximum atomic E-state index is 13.2. The van der Waals surface area contributed by atoms with Crippen molar-refractivity contribution in [1.29, 1.82) is 0 Å². The second kappa shape index (κ2) is 7.12. The fourth-order valence-electron chi connectivity index (χ4n) is 4.49. The van der Waals surface area contributed by atoms with Crippen molar-refractivity contribution in [3.8, 4) is 0 Å². The average Bonchev–Trinajstić information content (AvgIpc) is 3.18. The van der Waals surface area contributed by atoms with E-state index in [1.807, 2.05) is 30.9 Å². The van der Waals surface area contributed by atoms with Gasteiger partial charge in [-0.05, 0) is 45.1 Å². The van der Waals surface area contributed by atoms with Crippen molar-refractivity contribution >= 4 is 39.3 Å². The molecule has 0 radical (unpaired) electrons. The van der Waals surface area contributed by atoms with Gasteiger partial charge in [-0.25, -0.2) is 13.2 Å². The molecule has 4 rings (SSSR count). The largest absolute Gasteiger partial charge is 0.447 e. The first kappa shape index (κ1) is 20.4. The van der Waals surface area contributed by atoms with Crippen LogP contribution in [0.4, 0.5) is 4.79 Å². The summed E-state index contributed by atoms with van der Waals surface area (Å²) in [5.74, 6) is -0.0989. The molecule has 7 nitrogen and oxygen atoms in total. The Morgan fingerprint density at radius 2 is 1.97 bits per heavy atom. The first-order valence-electron chi connectivity index (χ1n) is 9.87. The molecule has 1 aromatic rings. The van der Waals surface area contributed by atoms with E-state index in [2.05, 4.69) is 0 Å². The highest BCUT2D eigenvalue weighted by atomic mass is 32.2. The van der Waals surface area contributed by atoms with Crippen molar-refractivity contribution in [2.45, 2.75) is 55.3 Å². The number of amides is 2. The number of hydrogen-bond donors (Lipinski definition) is 0. The van der Waals surface area contributed by atoms with Crippen LogP contribution in [-0.2, 0) is 21.0 Å². The highest BCUT2D eigenvalue weighted by Crippen LogP contribution is 2.38. The number of carbonyl (C=O) groups is 2. The maximum absolute atomic E-state index is 13.2. The number of allylic oxidation sites excluding steroid dienone is 1. The lowest BCUT2D eigenvalue weighted by Gasteiger charge is -2.40. The third kappa shape index (κ3) is 3.59. The zero-order valence-corrected chi connectivity index (χ0v) is 18.6. The van der Waals surface area contributed by atoms with Crippen molar-refractivity contribution in [3.63, 3.8) is 0 Å². The van der Waals surface area contributed by atoms with Gasteiger partial charge in [-0.2, -0.15) is 0 Å². The molecule has 2 aliphatic heterocycles. The number of cyclic esters (lactones) is 1. The van der Waals surface area contributed by atoms with Crippen molar-refractivity contribution in [1.82, 2.24) is 9.80 Å². The number of rotatable bonds is 3. The first-order chi connectivity index (χ1) is 13.6. The Balaban J connectivity index is 1.53. The number of piperidine rings is 1. The molecule has 0 spiro atoms. The summed E-state index contributed by atoms with van der Waals surface area (Å²) in [6, 6.07) is 0.0517. The van der Waals surface area contributed by atoms with Crippen molar-refractivity contribution in [2.24, 2.45) is 0 Å². The van der Waals surface area contributed by atoms with Crippen LogP contribution >= 0.6 is 11.3 Å². The van der Waals surface area contributed by atoms with E-state index >= 15 is 0 Å². The number of likely N-dealkylation sites (tertiary alicyclic amines) is 1. The van der Waals surface area contributed by atoms with Crippen molar-refractivity contribution in [2.75, 3.05) is 26.0 Å². The second-order valence-electron chi connectivity index (χ2n) is 8.58. The molecule has 1 aromatic heterocycles. The van der Waals surface area contributed by atoms with Crippen LogP contribution in [0.15, 0.2) is 10.3 Å². The zero-order valence-electron chi connectivity index (χ0n) is 16.9. The molecule has 2 amide bonds. The highest BCUT2D eigenvalue weighted by Gasteiger charge is 2.45. The minimum Gasteiger partial charge on any atom is -0.447 e. The van der Waals surface area contributed by atoms with Gasteiger partial charge in [0.25, 0.3) is 5.91 Å². The Kier molecular flexibility index (Phi) is 5.01. The predicted octanol–water partition coefficient (Wildman–Crippen LogP) is 2.95. The Morgan fingerprint density at radius 3 is 2.55 bits per heavy atom. The Labute approximate surface area is 175 Å². The van der Waals surface area contributed by atoms with Gasteiger partial charge in [0.1, 0.15) is 10.8 Å².